The Balaban J connectivity index is 2.13. The molecule has 7 heteroatoms. The normalized spacial score (nSPS) is 10.8. The van der Waals surface area contributed by atoms with E-state index in [2.05, 4.69) is 31.0 Å². The zero-order valence-electron chi connectivity index (χ0n) is 10.2. The number of nitrogens with zero attached hydrogens (tertiary/aromatic N) is 3. The van der Waals surface area contributed by atoms with E-state index >= 15 is 0 Å². The van der Waals surface area contributed by atoms with Crippen LogP contribution >= 0.6 is 15.9 Å². The molecule has 0 spiro atoms. The van der Waals surface area contributed by atoms with E-state index in [1.54, 1.807) is 6.20 Å². The lowest BCUT2D eigenvalue weighted by Crippen LogP contribution is -2.33. The molecule has 1 N–H and O–H groups in total. The summed E-state index contributed by atoms with van der Waals surface area (Å²) in [6, 6.07) is 9.52. The van der Waals surface area contributed by atoms with Crippen molar-refractivity contribution in [2.45, 2.75) is 6.54 Å². The van der Waals surface area contributed by atoms with Crippen LogP contribution in [0.3, 0.4) is 0 Å². The second kappa shape index (κ2) is 5.01. The highest BCUT2D eigenvalue weighted by Crippen LogP contribution is 2.16. The largest absolute Gasteiger partial charge is 0.345 e. The molecule has 0 fully saturated rings. The summed E-state index contributed by atoms with van der Waals surface area (Å²) in [5, 5.41) is 4.91. The maximum atomic E-state index is 11.7. The maximum absolute atomic E-state index is 11.7. The highest BCUT2D eigenvalue weighted by molar-refractivity contribution is 9.10. The summed E-state index contributed by atoms with van der Waals surface area (Å²) in [4.78, 5) is 29.5. The van der Waals surface area contributed by atoms with Gasteiger partial charge in [0.1, 0.15) is 0 Å². The number of nitrogens with one attached hydrogen (secondary N) is 1. The molecule has 0 saturated heterocycles. The maximum Gasteiger partial charge on any atom is 0.345 e. The van der Waals surface area contributed by atoms with Crippen LogP contribution in [0.5, 0.6) is 0 Å². The molecular weight excluding hydrogens is 324 g/mol. The summed E-state index contributed by atoms with van der Waals surface area (Å²) < 4.78 is 1.26. The number of rotatable bonds is 2. The molecule has 3 rings (SSSR count). The predicted molar refractivity (Wildman–Crippen MR) is 77.7 cm³/mol. The van der Waals surface area contributed by atoms with Gasteiger partial charge in [0.2, 0.25) is 0 Å². The van der Waals surface area contributed by atoms with Gasteiger partial charge in [0.05, 0.1) is 12.1 Å². The Hall–Kier alpha value is -2.28. The van der Waals surface area contributed by atoms with Crippen LogP contribution in [0.15, 0.2) is 50.7 Å². The molecule has 100 valence electrons. The lowest BCUT2D eigenvalue weighted by atomic mass is 10.1. The van der Waals surface area contributed by atoms with Crippen molar-refractivity contribution >= 4 is 26.8 Å². The van der Waals surface area contributed by atoms with Crippen molar-refractivity contribution in [3.05, 3.63) is 67.5 Å². The lowest BCUT2D eigenvalue weighted by Gasteiger charge is -2.07. The van der Waals surface area contributed by atoms with Crippen LogP contribution in [0.25, 0.3) is 10.9 Å². The number of hydrogen-bond donors (Lipinski definition) is 1. The Labute approximate surface area is 121 Å². The quantitative estimate of drug-likeness (QED) is 0.766. The standard InChI is InChI=1S/C13H9BrN4O2/c14-11-12(19)16-13(20)18(17-11)7-9-4-1-3-8-5-2-6-15-10(8)9/h1-6H,7H2,(H,16,19,20). The topological polar surface area (TPSA) is 80.6 Å². The van der Waals surface area contributed by atoms with Crippen LogP contribution in [-0.4, -0.2) is 19.7 Å². The molecule has 0 saturated carbocycles. The van der Waals surface area contributed by atoms with Gasteiger partial charge < -0.3 is 0 Å². The Morgan fingerprint density at radius 3 is 2.85 bits per heavy atom. The Kier molecular flexibility index (Phi) is 3.19. The van der Waals surface area contributed by atoms with Gasteiger partial charge in [-0.15, -0.1) is 0 Å². The minimum Gasteiger partial charge on any atom is -0.270 e. The zero-order valence-corrected chi connectivity index (χ0v) is 11.8. The molecule has 0 aliphatic heterocycles. The van der Waals surface area contributed by atoms with Crippen LogP contribution in [-0.2, 0) is 6.54 Å². The van der Waals surface area contributed by atoms with E-state index in [1.807, 2.05) is 30.3 Å². The van der Waals surface area contributed by atoms with Crippen molar-refractivity contribution in [1.29, 1.82) is 0 Å². The summed E-state index contributed by atoms with van der Waals surface area (Å²) in [6.45, 7) is 0.239. The number of aromatic nitrogens is 4. The van der Waals surface area contributed by atoms with E-state index in [0.29, 0.717) is 0 Å². The summed E-state index contributed by atoms with van der Waals surface area (Å²) >= 11 is 3.01. The number of hydrogen-bond acceptors (Lipinski definition) is 4. The van der Waals surface area contributed by atoms with E-state index in [9.17, 15) is 9.59 Å². The van der Waals surface area contributed by atoms with Crippen LogP contribution in [0.2, 0.25) is 0 Å². The monoisotopic (exact) mass is 332 g/mol. The van der Waals surface area contributed by atoms with Gasteiger partial charge in [-0.25, -0.2) is 9.48 Å². The molecule has 1 aromatic carbocycles. The highest BCUT2D eigenvalue weighted by Gasteiger charge is 2.07. The Morgan fingerprint density at radius 2 is 2.00 bits per heavy atom. The number of fused-ring (bicyclic) bond motifs is 1. The molecule has 0 radical (unpaired) electrons. The molecule has 2 heterocycles. The molecule has 0 bridgehead atoms. The first-order chi connectivity index (χ1) is 9.65. The minimum absolute atomic E-state index is 0.0743. The van der Waals surface area contributed by atoms with Crippen molar-refractivity contribution in [1.82, 2.24) is 19.7 Å². The second-order valence-electron chi connectivity index (χ2n) is 4.20. The minimum atomic E-state index is -0.550. The number of halogens is 1. The molecule has 20 heavy (non-hydrogen) atoms. The van der Waals surface area contributed by atoms with Crippen molar-refractivity contribution in [2.75, 3.05) is 0 Å². The third-order valence-corrected chi connectivity index (χ3v) is 3.41. The van der Waals surface area contributed by atoms with Gasteiger partial charge in [0.25, 0.3) is 5.56 Å². The lowest BCUT2D eigenvalue weighted by molar-refractivity contribution is 0.600. The molecule has 3 aromatic rings. The number of pyridine rings is 1. The summed E-state index contributed by atoms with van der Waals surface area (Å²) in [5.74, 6) is 0. The van der Waals surface area contributed by atoms with Gasteiger partial charge in [-0.3, -0.25) is 14.8 Å². The summed E-state index contributed by atoms with van der Waals surface area (Å²) in [7, 11) is 0. The fraction of sp³-hybridized carbons (Fsp3) is 0.0769. The third kappa shape index (κ3) is 2.27. The first kappa shape index (κ1) is 12.7. The van der Waals surface area contributed by atoms with Crippen molar-refractivity contribution in [3.63, 3.8) is 0 Å². The fourth-order valence-corrected chi connectivity index (χ4v) is 2.26. The first-order valence-electron chi connectivity index (χ1n) is 5.85. The van der Waals surface area contributed by atoms with E-state index in [0.717, 1.165) is 16.5 Å². The summed E-state index contributed by atoms with van der Waals surface area (Å²) in [6.07, 6.45) is 1.70. The highest BCUT2D eigenvalue weighted by atomic mass is 79.9. The molecule has 0 aliphatic carbocycles. The Morgan fingerprint density at radius 1 is 1.20 bits per heavy atom. The van der Waals surface area contributed by atoms with Crippen LogP contribution in [0, 0.1) is 0 Å². The summed E-state index contributed by atoms with van der Waals surface area (Å²) in [5.41, 5.74) is 0.580. The average molecular weight is 333 g/mol. The molecule has 6 nitrogen and oxygen atoms in total. The predicted octanol–water partition coefficient (Wildman–Crippen LogP) is 1.29. The van der Waals surface area contributed by atoms with Crippen LogP contribution in [0.4, 0.5) is 0 Å². The molecule has 2 aromatic heterocycles. The van der Waals surface area contributed by atoms with Gasteiger partial charge in [0.15, 0.2) is 4.60 Å². The number of aromatic amines is 1. The number of para-hydroxylation sites is 1. The molecule has 0 atom stereocenters. The first-order valence-corrected chi connectivity index (χ1v) is 6.64. The molecule has 0 unspecified atom stereocenters. The third-order valence-electron chi connectivity index (χ3n) is 2.89. The molecular formula is C13H9BrN4O2. The van der Waals surface area contributed by atoms with Crippen LogP contribution in [0.1, 0.15) is 5.56 Å². The molecule has 0 aliphatic rings. The second-order valence-corrected chi connectivity index (χ2v) is 4.95. The van der Waals surface area contributed by atoms with Gasteiger partial charge in [-0.1, -0.05) is 24.3 Å². The van der Waals surface area contributed by atoms with Crippen molar-refractivity contribution in [3.8, 4) is 0 Å². The van der Waals surface area contributed by atoms with E-state index in [1.165, 1.54) is 4.68 Å². The van der Waals surface area contributed by atoms with E-state index < -0.39 is 11.2 Å². The van der Waals surface area contributed by atoms with Crippen molar-refractivity contribution < 1.29 is 0 Å². The molecule has 0 amide bonds. The Bertz CT molecular complexity index is 895. The van der Waals surface area contributed by atoms with Gasteiger partial charge in [0, 0.05) is 17.1 Å². The smallest absolute Gasteiger partial charge is 0.270 e. The average Bonchev–Trinajstić information content (AvgIpc) is 2.45. The zero-order chi connectivity index (χ0) is 14.1. The SMILES string of the molecule is O=c1[nH]c(=O)n(Cc2cccc3cccnc23)nc1Br. The van der Waals surface area contributed by atoms with E-state index in [4.69, 9.17) is 0 Å². The van der Waals surface area contributed by atoms with E-state index in [-0.39, 0.29) is 11.1 Å². The number of H-pyrrole nitrogens is 1. The van der Waals surface area contributed by atoms with Crippen LogP contribution < -0.4 is 11.2 Å². The van der Waals surface area contributed by atoms with Gasteiger partial charge >= 0.3 is 5.69 Å². The van der Waals surface area contributed by atoms with Gasteiger partial charge in [-0.05, 0) is 22.0 Å². The number of benzene rings is 1. The van der Waals surface area contributed by atoms with Crippen molar-refractivity contribution in [2.24, 2.45) is 0 Å². The van der Waals surface area contributed by atoms with Gasteiger partial charge in [-0.2, -0.15) is 5.10 Å². The fourth-order valence-electron chi connectivity index (χ4n) is 1.97.